The van der Waals surface area contributed by atoms with E-state index < -0.39 is 5.41 Å². The molecule has 2 amide bonds. The van der Waals surface area contributed by atoms with Crippen LogP contribution in [-0.4, -0.2) is 34.8 Å². The molecule has 2 fully saturated rings. The molecule has 1 unspecified atom stereocenters. The molecule has 2 saturated heterocycles. The van der Waals surface area contributed by atoms with Crippen LogP contribution in [-0.2, 0) is 4.79 Å². The predicted molar refractivity (Wildman–Crippen MR) is 122 cm³/mol. The Balaban J connectivity index is 1.43. The van der Waals surface area contributed by atoms with Crippen molar-refractivity contribution in [3.63, 3.8) is 0 Å². The van der Waals surface area contributed by atoms with Crippen molar-refractivity contribution < 1.29 is 14.0 Å². The van der Waals surface area contributed by atoms with E-state index in [1.54, 1.807) is 17.0 Å². The summed E-state index contributed by atoms with van der Waals surface area (Å²) in [6, 6.07) is 15.9. The molecule has 1 atom stereocenters. The van der Waals surface area contributed by atoms with Gasteiger partial charge in [-0.05, 0) is 50.5 Å². The van der Waals surface area contributed by atoms with E-state index in [9.17, 15) is 14.0 Å². The first-order valence-corrected chi connectivity index (χ1v) is 11.6. The molecule has 32 heavy (non-hydrogen) atoms. The summed E-state index contributed by atoms with van der Waals surface area (Å²) in [6.45, 7) is 4.79. The number of likely N-dealkylation sites (tertiary alicyclic amines) is 1. The topological polar surface area (TPSA) is 53.5 Å². The summed E-state index contributed by atoms with van der Waals surface area (Å²) in [6.07, 6.45) is 1.17. The smallest absolute Gasteiger partial charge is 0.265 e. The Morgan fingerprint density at radius 2 is 1.81 bits per heavy atom. The van der Waals surface area contributed by atoms with Crippen LogP contribution in [0, 0.1) is 25.1 Å². The fourth-order valence-electron chi connectivity index (χ4n) is 5.12. The van der Waals surface area contributed by atoms with Gasteiger partial charge in [-0.1, -0.05) is 36.4 Å². The van der Waals surface area contributed by atoms with Gasteiger partial charge in [0.1, 0.15) is 10.7 Å². The summed E-state index contributed by atoms with van der Waals surface area (Å²) in [7, 11) is 0. The molecule has 5 nitrogen and oxygen atoms in total. The van der Waals surface area contributed by atoms with Crippen molar-refractivity contribution in [2.24, 2.45) is 5.41 Å². The maximum Gasteiger partial charge on any atom is 0.265 e. The monoisotopic (exact) mass is 449 g/mol. The first-order chi connectivity index (χ1) is 15.4. The highest BCUT2D eigenvalue weighted by atomic mass is 32.1. The summed E-state index contributed by atoms with van der Waals surface area (Å²) in [5.41, 5.74) is 1.79. The number of nitrogens with zero attached hydrogens (tertiary/aromatic N) is 3. The highest BCUT2D eigenvalue weighted by Gasteiger charge is 2.62. The van der Waals surface area contributed by atoms with Crippen LogP contribution in [0.25, 0.3) is 0 Å². The van der Waals surface area contributed by atoms with Gasteiger partial charge in [-0.15, -0.1) is 11.3 Å². The van der Waals surface area contributed by atoms with Gasteiger partial charge in [0.2, 0.25) is 5.91 Å². The van der Waals surface area contributed by atoms with Gasteiger partial charge in [-0.3, -0.25) is 9.59 Å². The van der Waals surface area contributed by atoms with Gasteiger partial charge in [0.25, 0.3) is 5.91 Å². The first-order valence-electron chi connectivity index (χ1n) is 10.8. The molecule has 5 rings (SSSR count). The highest BCUT2D eigenvalue weighted by Crippen LogP contribution is 2.57. The molecule has 7 heteroatoms. The molecule has 0 saturated carbocycles. The van der Waals surface area contributed by atoms with Crippen LogP contribution in [0.15, 0.2) is 54.6 Å². The highest BCUT2D eigenvalue weighted by molar-refractivity contribution is 7.13. The molecule has 2 aliphatic heterocycles. The van der Waals surface area contributed by atoms with Gasteiger partial charge >= 0.3 is 0 Å². The van der Waals surface area contributed by atoms with Crippen LogP contribution >= 0.6 is 11.3 Å². The minimum Gasteiger partial charge on any atom is -0.338 e. The zero-order valence-corrected chi connectivity index (χ0v) is 18.9. The van der Waals surface area contributed by atoms with Crippen molar-refractivity contribution in [1.29, 1.82) is 0 Å². The van der Waals surface area contributed by atoms with Crippen molar-refractivity contribution in [3.8, 4) is 0 Å². The third-order valence-corrected chi connectivity index (χ3v) is 7.73. The summed E-state index contributed by atoms with van der Waals surface area (Å²) in [5.74, 6) is -0.361. The number of carbonyl (C=O) groups excluding carboxylic acids is 2. The van der Waals surface area contributed by atoms with Crippen LogP contribution in [0.5, 0.6) is 0 Å². The summed E-state index contributed by atoms with van der Waals surface area (Å²) in [4.78, 5) is 35.2. The zero-order valence-electron chi connectivity index (χ0n) is 18.0. The number of aryl methyl sites for hydroxylation is 2. The standard InChI is InChI=1S/C25H24FN3O2S/c1-16-21(32-17(2)27-16)23(30)28-13-11-25(12-14-28)22(18-7-4-3-5-8-18)29(24(25)31)20-10-6-9-19(26)15-20/h3-10,15,22H,11-14H2,1-2H3. The van der Waals surface area contributed by atoms with E-state index in [0.717, 1.165) is 16.3 Å². The summed E-state index contributed by atoms with van der Waals surface area (Å²) in [5, 5.41) is 0.878. The van der Waals surface area contributed by atoms with Crippen LogP contribution < -0.4 is 4.90 Å². The Bertz CT molecular complexity index is 1180. The Labute approximate surface area is 190 Å². The minimum absolute atomic E-state index is 0.00651. The maximum atomic E-state index is 13.9. The lowest BCUT2D eigenvalue weighted by Crippen LogP contribution is -2.67. The van der Waals surface area contributed by atoms with Crippen molar-refractivity contribution in [1.82, 2.24) is 9.88 Å². The molecular formula is C25H24FN3O2S. The molecule has 0 radical (unpaired) electrons. The second kappa shape index (κ2) is 7.81. The molecule has 3 aromatic rings. The van der Waals surface area contributed by atoms with Gasteiger partial charge in [-0.25, -0.2) is 9.37 Å². The van der Waals surface area contributed by atoms with Gasteiger partial charge in [0.15, 0.2) is 0 Å². The SMILES string of the molecule is Cc1nc(C)c(C(=O)N2CCC3(CC2)C(=O)N(c2cccc(F)c2)C3c2ccccc2)s1. The van der Waals surface area contributed by atoms with Gasteiger partial charge in [0, 0.05) is 18.8 Å². The molecular weight excluding hydrogens is 425 g/mol. The van der Waals surface area contributed by atoms with Crippen LogP contribution in [0.1, 0.15) is 44.8 Å². The number of piperidine rings is 1. The Morgan fingerprint density at radius 1 is 1.09 bits per heavy atom. The van der Waals surface area contributed by atoms with E-state index in [1.165, 1.54) is 23.5 Å². The van der Waals surface area contributed by atoms with E-state index in [4.69, 9.17) is 0 Å². The minimum atomic E-state index is -0.580. The number of carbonyl (C=O) groups is 2. The number of anilines is 1. The summed E-state index contributed by atoms with van der Waals surface area (Å²) < 4.78 is 13.9. The largest absolute Gasteiger partial charge is 0.338 e. The second-order valence-electron chi connectivity index (χ2n) is 8.56. The maximum absolute atomic E-state index is 13.9. The third kappa shape index (κ3) is 3.23. The van der Waals surface area contributed by atoms with Gasteiger partial charge in [-0.2, -0.15) is 0 Å². The average molecular weight is 450 g/mol. The number of halogens is 1. The molecule has 3 heterocycles. The van der Waals surface area contributed by atoms with Gasteiger partial charge < -0.3 is 9.80 Å². The Hall–Kier alpha value is -3.06. The molecule has 1 aromatic heterocycles. The molecule has 2 aromatic carbocycles. The number of β-lactam (4-membered cyclic amide) rings is 1. The van der Waals surface area contributed by atoms with E-state index in [1.807, 2.05) is 49.1 Å². The van der Waals surface area contributed by atoms with Crippen molar-refractivity contribution >= 4 is 28.8 Å². The predicted octanol–water partition coefficient (Wildman–Crippen LogP) is 4.91. The van der Waals surface area contributed by atoms with Gasteiger partial charge in [0.05, 0.1) is 22.2 Å². The quantitative estimate of drug-likeness (QED) is 0.534. The number of hydrogen-bond donors (Lipinski definition) is 0. The van der Waals surface area contributed by atoms with E-state index in [0.29, 0.717) is 36.5 Å². The van der Waals surface area contributed by atoms with Crippen LogP contribution in [0.2, 0.25) is 0 Å². The van der Waals surface area contributed by atoms with Crippen molar-refractivity contribution in [2.45, 2.75) is 32.7 Å². The van der Waals surface area contributed by atoms with E-state index in [-0.39, 0.29) is 23.7 Å². The molecule has 0 N–H and O–H groups in total. The van der Waals surface area contributed by atoms with Crippen LogP contribution in [0.3, 0.4) is 0 Å². The molecule has 0 bridgehead atoms. The number of rotatable bonds is 3. The third-order valence-electron chi connectivity index (χ3n) is 6.67. The molecule has 0 aliphatic carbocycles. The lowest BCUT2D eigenvalue weighted by molar-refractivity contribution is -0.144. The number of benzene rings is 2. The number of amides is 2. The van der Waals surface area contributed by atoms with Crippen LogP contribution in [0.4, 0.5) is 10.1 Å². The van der Waals surface area contributed by atoms with Crippen molar-refractivity contribution in [3.05, 3.63) is 81.6 Å². The van der Waals surface area contributed by atoms with E-state index >= 15 is 0 Å². The number of aromatic nitrogens is 1. The second-order valence-corrected chi connectivity index (χ2v) is 9.77. The lowest BCUT2D eigenvalue weighted by Gasteiger charge is -2.59. The normalized spacial score (nSPS) is 19.8. The fourth-order valence-corrected chi connectivity index (χ4v) is 6.01. The van der Waals surface area contributed by atoms with E-state index in [2.05, 4.69) is 4.98 Å². The fraction of sp³-hybridized carbons (Fsp3) is 0.320. The zero-order chi connectivity index (χ0) is 22.5. The lowest BCUT2D eigenvalue weighted by atomic mass is 9.62. The molecule has 2 aliphatic rings. The molecule has 1 spiro atoms. The average Bonchev–Trinajstić information content (AvgIpc) is 3.14. The Kier molecular flexibility index (Phi) is 5.08. The van der Waals surface area contributed by atoms with Crippen molar-refractivity contribution in [2.75, 3.05) is 18.0 Å². The summed E-state index contributed by atoms with van der Waals surface area (Å²) >= 11 is 1.42. The first kappa shape index (κ1) is 20.8. The number of hydrogen-bond acceptors (Lipinski definition) is 4. The molecule has 164 valence electrons. The Morgan fingerprint density at radius 3 is 2.44 bits per heavy atom. The number of thiazole rings is 1.